The van der Waals surface area contributed by atoms with E-state index in [1.165, 1.54) is 18.2 Å². The zero-order valence-electron chi connectivity index (χ0n) is 17.1. The number of methoxy groups -OCH3 is 1. The maximum atomic E-state index is 12.5. The molecular weight excluding hydrogens is 398 g/mol. The van der Waals surface area contributed by atoms with E-state index in [0.29, 0.717) is 22.6 Å². The van der Waals surface area contributed by atoms with Gasteiger partial charge in [-0.1, -0.05) is 23.8 Å². The van der Waals surface area contributed by atoms with Crippen LogP contribution in [0.4, 0.5) is 0 Å². The van der Waals surface area contributed by atoms with Gasteiger partial charge in [0.2, 0.25) is 0 Å². The number of nitrogens with one attached hydrogen (secondary N) is 1. The monoisotopic (exact) mass is 417 g/mol. The number of carbonyl (C=O) groups is 2. The maximum Gasteiger partial charge on any atom is 0.343 e. The molecule has 0 aliphatic carbocycles. The highest BCUT2D eigenvalue weighted by Gasteiger charge is 2.34. The number of hydrogen-bond acceptors (Lipinski definition) is 6. The normalized spacial score (nSPS) is 16.5. The van der Waals surface area contributed by atoms with Crippen LogP contribution in [-0.4, -0.2) is 35.7 Å². The Balaban J connectivity index is 1.59. The van der Waals surface area contributed by atoms with E-state index in [4.69, 9.17) is 19.7 Å². The summed E-state index contributed by atoms with van der Waals surface area (Å²) >= 11 is 0. The molecule has 156 valence electrons. The molecule has 2 aliphatic heterocycles. The first-order valence-electron chi connectivity index (χ1n) is 9.42. The third-order valence-electron chi connectivity index (χ3n) is 4.64. The number of esters is 1. The number of ether oxygens (including phenoxy) is 2. The number of benzene rings is 2. The highest BCUT2D eigenvalue weighted by molar-refractivity contribution is 6.32. The lowest BCUT2D eigenvalue weighted by Crippen LogP contribution is -2.38. The van der Waals surface area contributed by atoms with Crippen LogP contribution in [0.2, 0.25) is 0 Å². The van der Waals surface area contributed by atoms with E-state index in [1.54, 1.807) is 49.4 Å². The van der Waals surface area contributed by atoms with Gasteiger partial charge in [0.1, 0.15) is 5.76 Å². The highest BCUT2D eigenvalue weighted by Crippen LogP contribution is 2.31. The zero-order valence-corrected chi connectivity index (χ0v) is 17.1. The first-order valence-corrected chi connectivity index (χ1v) is 9.42. The quantitative estimate of drug-likeness (QED) is 0.463. The largest absolute Gasteiger partial charge is 0.493 e. The number of amides is 1. The topological polar surface area (TPSA) is 101 Å². The summed E-state index contributed by atoms with van der Waals surface area (Å²) in [6.45, 7) is 3.60. The molecule has 4 rings (SSSR count). The van der Waals surface area contributed by atoms with Crippen molar-refractivity contribution in [3.05, 3.63) is 76.6 Å². The van der Waals surface area contributed by atoms with Gasteiger partial charge in [-0.3, -0.25) is 10.2 Å². The number of aliphatic imine (C=N–C) groups is 1. The van der Waals surface area contributed by atoms with Crippen molar-refractivity contribution in [2.45, 2.75) is 13.8 Å². The Morgan fingerprint density at radius 3 is 2.71 bits per heavy atom. The van der Waals surface area contributed by atoms with Gasteiger partial charge in [-0.25, -0.2) is 4.79 Å². The molecule has 1 N–H and O–H groups in total. The number of hydroxylamine groups is 2. The van der Waals surface area contributed by atoms with E-state index in [1.807, 2.05) is 13.0 Å². The molecule has 2 aliphatic rings. The Morgan fingerprint density at radius 1 is 1.16 bits per heavy atom. The second-order valence-electron chi connectivity index (χ2n) is 6.99. The number of fused-ring (bicyclic) bond motifs is 1. The predicted octanol–water partition coefficient (Wildman–Crippen LogP) is 3.67. The maximum absolute atomic E-state index is 12.5. The molecule has 0 spiro atoms. The van der Waals surface area contributed by atoms with Crippen LogP contribution >= 0.6 is 0 Å². The molecule has 8 nitrogen and oxygen atoms in total. The van der Waals surface area contributed by atoms with Crippen molar-refractivity contribution >= 4 is 29.6 Å². The number of rotatable bonds is 4. The fraction of sp³-hybridized carbons (Fsp3) is 0.130. The second-order valence-corrected chi connectivity index (χ2v) is 6.99. The van der Waals surface area contributed by atoms with Crippen LogP contribution in [0, 0.1) is 12.3 Å². The van der Waals surface area contributed by atoms with Crippen molar-refractivity contribution in [2.75, 3.05) is 7.11 Å². The average Bonchev–Trinajstić information content (AvgIpc) is 3.12. The lowest BCUT2D eigenvalue weighted by atomic mass is 10.1. The standard InChI is InChI=1S/C23H19N3O5/c1-13-5-4-6-16(9-13)23(28)30-18-8-7-15(12-19(18)29-3)11-17-21(24)26-20(25-22(17)27)10-14(2)31-26/h4-12,24H,1-3H3/b17-11-,24-21?. The van der Waals surface area contributed by atoms with E-state index in [-0.39, 0.29) is 23.0 Å². The van der Waals surface area contributed by atoms with Crippen LogP contribution in [0.3, 0.4) is 0 Å². The molecule has 0 fully saturated rings. The lowest BCUT2D eigenvalue weighted by Gasteiger charge is -2.23. The summed E-state index contributed by atoms with van der Waals surface area (Å²) in [5.41, 5.74) is 2.01. The zero-order chi connectivity index (χ0) is 22.1. The van der Waals surface area contributed by atoms with Crippen LogP contribution in [0.5, 0.6) is 11.5 Å². The van der Waals surface area contributed by atoms with Gasteiger partial charge >= 0.3 is 5.97 Å². The molecule has 2 aromatic rings. The van der Waals surface area contributed by atoms with Crippen molar-refractivity contribution < 1.29 is 23.9 Å². The molecule has 31 heavy (non-hydrogen) atoms. The number of allylic oxidation sites excluding steroid dienone is 1. The molecule has 2 heterocycles. The Bertz CT molecular complexity index is 1210. The first kappa shape index (κ1) is 20.1. The minimum absolute atomic E-state index is 0.0680. The van der Waals surface area contributed by atoms with E-state index in [0.717, 1.165) is 5.56 Å². The van der Waals surface area contributed by atoms with Gasteiger partial charge in [0.25, 0.3) is 5.91 Å². The van der Waals surface area contributed by atoms with Gasteiger partial charge < -0.3 is 14.3 Å². The molecule has 0 bridgehead atoms. The molecule has 0 saturated carbocycles. The van der Waals surface area contributed by atoms with Crippen molar-refractivity contribution in [1.29, 1.82) is 5.41 Å². The van der Waals surface area contributed by atoms with Gasteiger partial charge in [-0.05, 0) is 49.8 Å². The lowest BCUT2D eigenvalue weighted by molar-refractivity contribution is -0.114. The summed E-state index contributed by atoms with van der Waals surface area (Å²) in [5.74, 6) is 0.207. The average molecular weight is 417 g/mol. The number of carbonyl (C=O) groups excluding carboxylic acids is 2. The minimum atomic E-state index is -0.542. The van der Waals surface area contributed by atoms with E-state index in [9.17, 15) is 9.59 Å². The van der Waals surface area contributed by atoms with Crippen molar-refractivity contribution in [3.8, 4) is 11.5 Å². The third-order valence-corrected chi connectivity index (χ3v) is 4.64. The molecule has 0 radical (unpaired) electrons. The van der Waals surface area contributed by atoms with E-state index >= 15 is 0 Å². The Kier molecular flexibility index (Phi) is 5.12. The van der Waals surface area contributed by atoms with Crippen LogP contribution in [-0.2, 0) is 9.63 Å². The summed E-state index contributed by atoms with van der Waals surface area (Å²) in [6, 6.07) is 11.9. The highest BCUT2D eigenvalue weighted by atomic mass is 16.7. The molecule has 2 aromatic carbocycles. The second kappa shape index (κ2) is 7.91. The Morgan fingerprint density at radius 2 is 1.97 bits per heavy atom. The van der Waals surface area contributed by atoms with E-state index < -0.39 is 11.9 Å². The predicted molar refractivity (Wildman–Crippen MR) is 114 cm³/mol. The van der Waals surface area contributed by atoms with Crippen molar-refractivity contribution in [2.24, 2.45) is 4.99 Å². The van der Waals surface area contributed by atoms with Gasteiger partial charge in [0, 0.05) is 6.08 Å². The summed E-state index contributed by atoms with van der Waals surface area (Å²) in [5, 5.41) is 9.48. The molecule has 0 atom stereocenters. The van der Waals surface area contributed by atoms with E-state index in [2.05, 4.69) is 4.99 Å². The first-order chi connectivity index (χ1) is 14.9. The summed E-state index contributed by atoms with van der Waals surface area (Å²) < 4.78 is 10.8. The summed E-state index contributed by atoms with van der Waals surface area (Å²) in [4.78, 5) is 34.2. The van der Waals surface area contributed by atoms with Crippen molar-refractivity contribution in [1.82, 2.24) is 5.06 Å². The molecule has 0 saturated heterocycles. The molecule has 0 aromatic heterocycles. The molecule has 1 amide bonds. The van der Waals surface area contributed by atoms with Crippen LogP contribution in [0.25, 0.3) is 6.08 Å². The van der Waals surface area contributed by atoms with Gasteiger partial charge in [-0.2, -0.15) is 4.99 Å². The number of nitrogens with zero attached hydrogens (tertiary/aromatic N) is 2. The smallest absolute Gasteiger partial charge is 0.343 e. The molecule has 0 unspecified atom stereocenters. The fourth-order valence-corrected chi connectivity index (χ4v) is 3.16. The number of aryl methyl sites for hydroxylation is 1. The SMILES string of the molecule is COc1cc(/C=C2/C(=N)N3OC(C)=CC3=NC2=O)ccc1OC(=O)c1cccc(C)c1. The number of amidine groups is 2. The number of hydrogen-bond donors (Lipinski definition) is 1. The summed E-state index contributed by atoms with van der Waals surface area (Å²) in [7, 11) is 1.45. The molecular formula is C23H19N3O5. The minimum Gasteiger partial charge on any atom is -0.493 e. The van der Waals surface area contributed by atoms with Crippen LogP contribution in [0.15, 0.2) is 64.9 Å². The summed E-state index contributed by atoms with van der Waals surface area (Å²) in [6.07, 6.45) is 3.10. The van der Waals surface area contributed by atoms with Gasteiger partial charge in [0.15, 0.2) is 23.2 Å². The van der Waals surface area contributed by atoms with Gasteiger partial charge in [-0.15, -0.1) is 5.06 Å². The van der Waals surface area contributed by atoms with Crippen LogP contribution in [0.1, 0.15) is 28.4 Å². The van der Waals surface area contributed by atoms with Gasteiger partial charge in [0.05, 0.1) is 18.2 Å². The third kappa shape index (κ3) is 3.95. The Labute approximate surface area is 178 Å². The van der Waals surface area contributed by atoms with Crippen LogP contribution < -0.4 is 9.47 Å². The fourth-order valence-electron chi connectivity index (χ4n) is 3.16. The van der Waals surface area contributed by atoms with Crippen molar-refractivity contribution in [3.63, 3.8) is 0 Å². The molecule has 8 heteroatoms. The Hall–Kier alpha value is -4.20.